The van der Waals surface area contributed by atoms with Crippen molar-refractivity contribution in [3.63, 3.8) is 0 Å². The molecule has 0 saturated carbocycles. The quantitative estimate of drug-likeness (QED) is 0.0398. The number of fused-ring (bicyclic) bond motifs is 2. The summed E-state index contributed by atoms with van der Waals surface area (Å²) < 4.78 is 106. The van der Waals surface area contributed by atoms with Crippen LogP contribution in [0.3, 0.4) is 0 Å². The summed E-state index contributed by atoms with van der Waals surface area (Å²) in [6, 6.07) is 18.5. The molecule has 0 aliphatic carbocycles. The van der Waals surface area contributed by atoms with E-state index >= 15 is 0 Å². The molecule has 5 amide bonds. The van der Waals surface area contributed by atoms with E-state index < -0.39 is 81.4 Å². The van der Waals surface area contributed by atoms with Gasteiger partial charge in [0.15, 0.2) is 0 Å². The van der Waals surface area contributed by atoms with Crippen molar-refractivity contribution in [2.45, 2.75) is 81.6 Å². The number of amides is 5. The van der Waals surface area contributed by atoms with Crippen LogP contribution in [0.15, 0.2) is 102 Å². The van der Waals surface area contributed by atoms with Crippen LogP contribution < -0.4 is 25.4 Å². The molecule has 3 aliphatic heterocycles. The number of alkyl halides is 2. The Hall–Kier alpha value is -8.29. The summed E-state index contributed by atoms with van der Waals surface area (Å²) in [5.74, 6) is -7.41. The summed E-state index contributed by atoms with van der Waals surface area (Å²) in [7, 11) is -3.21. The van der Waals surface area contributed by atoms with Gasteiger partial charge in [-0.25, -0.2) is 35.8 Å². The predicted molar refractivity (Wildman–Crippen MR) is 289 cm³/mol. The highest BCUT2D eigenvalue weighted by molar-refractivity contribution is 7.92. The van der Waals surface area contributed by atoms with Gasteiger partial charge in [-0.05, 0) is 90.0 Å². The molecular weight excluding hydrogens is 1090 g/mol. The zero-order valence-corrected chi connectivity index (χ0v) is 45.5. The first kappa shape index (κ1) is 58.4. The van der Waals surface area contributed by atoms with Gasteiger partial charge < -0.3 is 44.7 Å². The standard InChI is InChI=1S/C57H59F4N9O11S/c1-34-27-57(60,61)33-70(34)55(74)49-23-39(53(73)67-49)25-52(72)69-30-38-5-3-4-35(45(38)31-69)8-13-51(71)63-16-18-79-20-21-80-19-17-64-56(75)81-32-42-10-6-37(28-65-42)43-14-15-62-47-11-7-36(22-44(43)47)40-24-48(54(78-2)66-29-40)68-82(76,77)50-12-9-41(58)26-46(50)59/h3-7,9-12,14-15,22,24,26,28-29,34,39,49,68H,8,13,16-21,23,25,27,30-33H2,1-2H3,(H,63,71)(H,64,75)(H,67,73)/t34-,39+,49+/m1/s1. The molecule has 3 aromatic carbocycles. The Bertz CT molecular complexity index is 3490. The first-order valence-corrected chi connectivity index (χ1v) is 27.9. The third-order valence-electron chi connectivity index (χ3n) is 14.3. The minimum absolute atomic E-state index is 0.0617. The number of aryl methyl sites for hydroxylation is 1. The largest absolute Gasteiger partial charge is 0.480 e. The number of rotatable bonds is 23. The molecule has 3 atom stereocenters. The lowest BCUT2D eigenvalue weighted by Gasteiger charge is -2.24. The summed E-state index contributed by atoms with van der Waals surface area (Å²) >= 11 is 0. The Morgan fingerprint density at radius 1 is 0.854 bits per heavy atom. The van der Waals surface area contributed by atoms with Crippen LogP contribution in [0.25, 0.3) is 33.2 Å². The van der Waals surface area contributed by atoms with Crippen LogP contribution in [-0.4, -0.2) is 134 Å². The highest BCUT2D eigenvalue weighted by Gasteiger charge is 2.48. The zero-order valence-electron chi connectivity index (χ0n) is 44.7. The number of ether oxygens (including phenoxy) is 4. The lowest BCUT2D eigenvalue weighted by Crippen LogP contribution is -2.46. The number of anilines is 1. The van der Waals surface area contributed by atoms with Crippen molar-refractivity contribution in [2.24, 2.45) is 5.92 Å². The Morgan fingerprint density at radius 3 is 2.35 bits per heavy atom. The number of methoxy groups -OCH3 is 1. The van der Waals surface area contributed by atoms with Crippen molar-refractivity contribution in [2.75, 3.05) is 57.9 Å². The molecule has 0 spiro atoms. The van der Waals surface area contributed by atoms with Gasteiger partial charge in [0.2, 0.25) is 29.5 Å². The number of sulfonamides is 1. The second-order valence-electron chi connectivity index (χ2n) is 20.0. The maximum atomic E-state index is 14.5. The summed E-state index contributed by atoms with van der Waals surface area (Å²) in [6.07, 6.45) is 4.29. The zero-order chi connectivity index (χ0) is 58.1. The Kier molecular flexibility index (Phi) is 18.3. The van der Waals surface area contributed by atoms with Crippen LogP contribution >= 0.6 is 0 Å². The highest BCUT2D eigenvalue weighted by Crippen LogP contribution is 2.37. The summed E-state index contributed by atoms with van der Waals surface area (Å²) in [4.78, 5) is 79.5. The van der Waals surface area contributed by atoms with E-state index in [2.05, 4.69) is 35.6 Å². The van der Waals surface area contributed by atoms with Gasteiger partial charge in [0.05, 0.1) is 51.3 Å². The predicted octanol–water partition coefficient (Wildman–Crippen LogP) is 6.45. The number of pyridine rings is 3. The topological polar surface area (TPSA) is 250 Å². The van der Waals surface area contributed by atoms with E-state index in [9.17, 15) is 50.0 Å². The van der Waals surface area contributed by atoms with E-state index in [0.29, 0.717) is 47.9 Å². The SMILES string of the molecule is COc1ncc(-c2ccc3nccc(-c4ccc(COC(=O)NCCOCCOCCNC(=O)CCc5cccc6c5CN(C(=O)C[C@@H]5C[C@@H](C(=O)N7CC(F)(F)C[C@H]7C)NC5=O)C6)nc4)c3c2)cc1NS(=O)(=O)c1ccc(F)cc1F. The van der Waals surface area contributed by atoms with Crippen molar-refractivity contribution >= 4 is 56.3 Å². The number of nitrogens with zero attached hydrogens (tertiary/aromatic N) is 5. The number of alkyl carbamates (subject to hydrolysis) is 1. The lowest BCUT2D eigenvalue weighted by atomic mass is 9.98. The Balaban J connectivity index is 0.640. The average Bonchev–Trinajstić information content (AvgIpc) is 4.29. The second kappa shape index (κ2) is 25.7. The fraction of sp³-hybridized carbons (Fsp3) is 0.368. The number of carbonyl (C=O) groups excluding carboxylic acids is 5. The molecule has 9 rings (SSSR count). The van der Waals surface area contributed by atoms with Crippen molar-refractivity contribution in [1.82, 2.24) is 40.7 Å². The lowest BCUT2D eigenvalue weighted by molar-refractivity contribution is -0.136. The van der Waals surface area contributed by atoms with Crippen molar-refractivity contribution < 1.29 is 68.9 Å². The number of hydrogen-bond acceptors (Lipinski definition) is 14. The first-order valence-electron chi connectivity index (χ1n) is 26.4. The van der Waals surface area contributed by atoms with E-state index in [1.165, 1.54) is 19.4 Å². The third kappa shape index (κ3) is 14.2. The summed E-state index contributed by atoms with van der Waals surface area (Å²) in [5.41, 5.74) is 6.55. The van der Waals surface area contributed by atoms with Crippen LogP contribution in [0.4, 0.5) is 28.0 Å². The Labute approximate surface area is 469 Å². The monoisotopic (exact) mass is 1150 g/mol. The van der Waals surface area contributed by atoms with Crippen LogP contribution in [-0.2, 0) is 69.5 Å². The maximum absolute atomic E-state index is 14.5. The fourth-order valence-corrected chi connectivity index (χ4v) is 11.3. The molecule has 6 heterocycles. The second-order valence-corrected chi connectivity index (χ2v) is 21.7. The molecule has 2 saturated heterocycles. The minimum atomic E-state index is -4.51. The van der Waals surface area contributed by atoms with E-state index in [4.69, 9.17) is 18.9 Å². The number of aromatic nitrogens is 3. The third-order valence-corrected chi connectivity index (χ3v) is 15.7. The van der Waals surface area contributed by atoms with Gasteiger partial charge in [-0.3, -0.25) is 33.9 Å². The van der Waals surface area contributed by atoms with E-state index in [1.807, 2.05) is 36.4 Å². The molecule has 6 aromatic rings. The molecule has 0 radical (unpaired) electrons. The van der Waals surface area contributed by atoms with Crippen LogP contribution in [0, 0.1) is 17.6 Å². The van der Waals surface area contributed by atoms with Crippen LogP contribution in [0.1, 0.15) is 55.0 Å². The average molecular weight is 1150 g/mol. The van der Waals surface area contributed by atoms with E-state index in [1.54, 1.807) is 42.4 Å². The van der Waals surface area contributed by atoms with Gasteiger partial charge in [-0.1, -0.05) is 30.3 Å². The molecule has 20 nitrogen and oxygen atoms in total. The van der Waals surface area contributed by atoms with E-state index in [-0.39, 0.29) is 88.8 Å². The molecule has 2 fully saturated rings. The molecule has 0 unspecified atom stereocenters. The van der Waals surface area contributed by atoms with Crippen molar-refractivity contribution in [1.29, 1.82) is 0 Å². The van der Waals surface area contributed by atoms with Crippen LogP contribution in [0.2, 0.25) is 0 Å². The van der Waals surface area contributed by atoms with Gasteiger partial charge in [0.25, 0.3) is 15.9 Å². The fourth-order valence-electron chi connectivity index (χ4n) is 10.2. The highest BCUT2D eigenvalue weighted by atomic mass is 32.2. The van der Waals surface area contributed by atoms with Gasteiger partial charge in [-0.15, -0.1) is 0 Å². The number of likely N-dealkylation sites (tertiary alicyclic amines) is 1. The molecule has 432 valence electrons. The van der Waals surface area contributed by atoms with Gasteiger partial charge in [-0.2, -0.15) is 0 Å². The summed E-state index contributed by atoms with van der Waals surface area (Å²) in [6.45, 7) is 2.83. The molecule has 3 aromatic heterocycles. The van der Waals surface area contributed by atoms with Gasteiger partial charge >= 0.3 is 6.09 Å². The number of carbonyl (C=O) groups is 5. The number of hydrogen-bond donors (Lipinski definition) is 4. The maximum Gasteiger partial charge on any atom is 0.407 e. The van der Waals surface area contributed by atoms with Crippen molar-refractivity contribution in [3.05, 3.63) is 131 Å². The van der Waals surface area contributed by atoms with Crippen molar-refractivity contribution in [3.8, 4) is 28.1 Å². The normalized spacial score (nSPS) is 17.3. The molecule has 25 heteroatoms. The molecule has 3 aliphatic rings. The smallest absolute Gasteiger partial charge is 0.407 e. The molecular formula is C57H59F4N9O11S. The number of benzene rings is 3. The van der Waals surface area contributed by atoms with Gasteiger partial charge in [0, 0.05) is 98.6 Å². The molecule has 0 bridgehead atoms. The summed E-state index contributed by atoms with van der Waals surface area (Å²) in [5, 5.41) is 8.80. The number of halogens is 4. The van der Waals surface area contributed by atoms with Crippen LogP contribution in [0.5, 0.6) is 5.88 Å². The first-order chi connectivity index (χ1) is 39.3. The molecule has 4 N–H and O–H groups in total. The van der Waals surface area contributed by atoms with Gasteiger partial charge in [0.1, 0.15) is 34.9 Å². The Morgan fingerprint density at radius 2 is 1.62 bits per heavy atom. The number of nitrogens with one attached hydrogen (secondary N) is 4. The minimum Gasteiger partial charge on any atom is -0.480 e. The van der Waals surface area contributed by atoms with E-state index in [0.717, 1.165) is 50.2 Å². The molecule has 82 heavy (non-hydrogen) atoms.